The second kappa shape index (κ2) is 6.87. The summed E-state index contributed by atoms with van der Waals surface area (Å²) in [7, 11) is 2.13. The van der Waals surface area contributed by atoms with Crippen LogP contribution < -0.4 is 4.90 Å². The number of rotatable bonds is 5. The van der Waals surface area contributed by atoms with Crippen LogP contribution in [0, 0.1) is 6.92 Å². The van der Waals surface area contributed by atoms with Crippen LogP contribution in [-0.4, -0.2) is 57.4 Å². The van der Waals surface area contributed by atoms with Gasteiger partial charge in [0.05, 0.1) is 12.7 Å². The van der Waals surface area contributed by atoms with Crippen LogP contribution in [-0.2, 0) is 6.54 Å². The monoisotopic (exact) mass is 300 g/mol. The van der Waals surface area contributed by atoms with Gasteiger partial charge in [-0.15, -0.1) is 0 Å². The standard InChI is InChI=1S/C16H24N6/c1-14-11-19-22(12-14)10-9-21-7-4-15(5-8-21)20(2)16-3-6-17-13-18-16/h3,6,11-13,15H,4-5,7-10H2,1-2H3. The molecule has 1 aliphatic heterocycles. The summed E-state index contributed by atoms with van der Waals surface area (Å²) in [5.74, 6) is 1.01. The quantitative estimate of drug-likeness (QED) is 0.839. The van der Waals surface area contributed by atoms with Gasteiger partial charge in [-0.25, -0.2) is 9.97 Å². The van der Waals surface area contributed by atoms with Crippen molar-refractivity contribution in [2.45, 2.75) is 32.4 Å². The fraction of sp³-hybridized carbons (Fsp3) is 0.562. The Balaban J connectivity index is 1.46. The molecule has 118 valence electrons. The summed E-state index contributed by atoms with van der Waals surface area (Å²) in [5.41, 5.74) is 1.23. The van der Waals surface area contributed by atoms with E-state index in [4.69, 9.17) is 0 Å². The molecule has 0 aromatic carbocycles. The molecule has 0 N–H and O–H groups in total. The third kappa shape index (κ3) is 3.62. The number of hydrogen-bond acceptors (Lipinski definition) is 5. The lowest BCUT2D eigenvalue weighted by atomic mass is 10.0. The predicted molar refractivity (Wildman–Crippen MR) is 86.9 cm³/mol. The van der Waals surface area contributed by atoms with Crippen LogP contribution in [0.2, 0.25) is 0 Å². The van der Waals surface area contributed by atoms with Crippen LogP contribution in [0.15, 0.2) is 31.0 Å². The zero-order chi connectivity index (χ0) is 15.4. The molecule has 2 aromatic heterocycles. The van der Waals surface area contributed by atoms with E-state index in [2.05, 4.69) is 45.0 Å². The zero-order valence-corrected chi connectivity index (χ0v) is 13.4. The van der Waals surface area contributed by atoms with Crippen molar-refractivity contribution in [3.05, 3.63) is 36.5 Å². The van der Waals surface area contributed by atoms with E-state index >= 15 is 0 Å². The molecule has 3 rings (SSSR count). The smallest absolute Gasteiger partial charge is 0.131 e. The van der Waals surface area contributed by atoms with E-state index in [0.29, 0.717) is 6.04 Å². The first-order valence-electron chi connectivity index (χ1n) is 7.92. The van der Waals surface area contributed by atoms with Crippen molar-refractivity contribution < 1.29 is 0 Å². The number of hydrogen-bond donors (Lipinski definition) is 0. The van der Waals surface area contributed by atoms with Crippen LogP contribution in [0.3, 0.4) is 0 Å². The van der Waals surface area contributed by atoms with Gasteiger partial charge in [0.15, 0.2) is 0 Å². The van der Waals surface area contributed by atoms with E-state index in [1.54, 1.807) is 12.5 Å². The SMILES string of the molecule is Cc1cnn(CCN2CCC(N(C)c3ccncn3)CC2)c1. The summed E-state index contributed by atoms with van der Waals surface area (Å²) in [4.78, 5) is 13.1. The van der Waals surface area contributed by atoms with E-state index in [-0.39, 0.29) is 0 Å². The number of likely N-dealkylation sites (tertiary alicyclic amines) is 1. The van der Waals surface area contributed by atoms with Crippen LogP contribution in [0.1, 0.15) is 18.4 Å². The third-order valence-corrected chi connectivity index (χ3v) is 4.44. The Morgan fingerprint density at radius 3 is 2.73 bits per heavy atom. The molecule has 0 bridgehead atoms. The van der Waals surface area contributed by atoms with Gasteiger partial charge in [-0.2, -0.15) is 5.10 Å². The van der Waals surface area contributed by atoms with Gasteiger partial charge in [-0.3, -0.25) is 4.68 Å². The average molecular weight is 300 g/mol. The van der Waals surface area contributed by atoms with Gasteiger partial charge in [0.25, 0.3) is 0 Å². The Morgan fingerprint density at radius 1 is 1.27 bits per heavy atom. The van der Waals surface area contributed by atoms with Gasteiger partial charge in [0.2, 0.25) is 0 Å². The van der Waals surface area contributed by atoms with Gasteiger partial charge in [-0.05, 0) is 31.4 Å². The number of aryl methyl sites for hydroxylation is 1. The number of aromatic nitrogens is 4. The van der Waals surface area contributed by atoms with E-state index in [0.717, 1.165) is 32.0 Å². The Morgan fingerprint density at radius 2 is 2.09 bits per heavy atom. The normalized spacial score (nSPS) is 16.8. The Labute approximate surface area is 131 Å². The van der Waals surface area contributed by atoms with Gasteiger partial charge in [0, 0.05) is 45.1 Å². The van der Waals surface area contributed by atoms with E-state index < -0.39 is 0 Å². The van der Waals surface area contributed by atoms with Gasteiger partial charge >= 0.3 is 0 Å². The molecule has 0 aliphatic carbocycles. The highest BCUT2D eigenvalue weighted by Gasteiger charge is 2.23. The lowest BCUT2D eigenvalue weighted by molar-refractivity contribution is 0.201. The number of piperidine rings is 1. The lowest BCUT2D eigenvalue weighted by Crippen LogP contribution is -2.44. The van der Waals surface area contributed by atoms with E-state index in [1.165, 1.54) is 18.4 Å². The largest absolute Gasteiger partial charge is 0.356 e. The van der Waals surface area contributed by atoms with Crippen molar-refractivity contribution in [3.63, 3.8) is 0 Å². The van der Waals surface area contributed by atoms with Gasteiger partial charge in [-0.1, -0.05) is 0 Å². The molecule has 0 amide bonds. The number of anilines is 1. The third-order valence-electron chi connectivity index (χ3n) is 4.44. The minimum absolute atomic E-state index is 0.568. The second-order valence-electron chi connectivity index (χ2n) is 6.03. The predicted octanol–water partition coefficient (Wildman–Crippen LogP) is 1.58. The lowest BCUT2D eigenvalue weighted by Gasteiger charge is -2.37. The summed E-state index contributed by atoms with van der Waals surface area (Å²) in [5, 5.41) is 4.35. The Hall–Kier alpha value is -1.95. The highest BCUT2D eigenvalue weighted by Crippen LogP contribution is 2.19. The van der Waals surface area contributed by atoms with Crippen molar-refractivity contribution in [2.24, 2.45) is 0 Å². The number of nitrogens with zero attached hydrogens (tertiary/aromatic N) is 6. The molecule has 6 nitrogen and oxygen atoms in total. The van der Waals surface area contributed by atoms with E-state index in [9.17, 15) is 0 Å². The van der Waals surface area contributed by atoms with Crippen LogP contribution in [0.5, 0.6) is 0 Å². The molecule has 0 atom stereocenters. The second-order valence-corrected chi connectivity index (χ2v) is 6.03. The minimum atomic E-state index is 0.568. The molecule has 2 aromatic rings. The maximum absolute atomic E-state index is 4.35. The fourth-order valence-corrected chi connectivity index (χ4v) is 3.04. The van der Waals surface area contributed by atoms with Crippen LogP contribution >= 0.6 is 0 Å². The molecule has 0 radical (unpaired) electrons. The Kier molecular flexibility index (Phi) is 4.68. The molecule has 3 heterocycles. The maximum Gasteiger partial charge on any atom is 0.131 e. The highest BCUT2D eigenvalue weighted by molar-refractivity contribution is 5.36. The maximum atomic E-state index is 4.35. The first-order chi connectivity index (χ1) is 10.7. The van der Waals surface area contributed by atoms with Gasteiger partial charge < -0.3 is 9.80 Å². The highest BCUT2D eigenvalue weighted by atomic mass is 15.3. The van der Waals surface area contributed by atoms with Crippen molar-refractivity contribution in [1.82, 2.24) is 24.6 Å². The average Bonchev–Trinajstić information content (AvgIpc) is 2.99. The van der Waals surface area contributed by atoms with Crippen LogP contribution in [0.25, 0.3) is 0 Å². The van der Waals surface area contributed by atoms with Crippen molar-refractivity contribution in [1.29, 1.82) is 0 Å². The summed E-state index contributed by atoms with van der Waals surface area (Å²) in [6.07, 6.45) is 9.81. The summed E-state index contributed by atoms with van der Waals surface area (Å²) in [6, 6.07) is 2.55. The van der Waals surface area contributed by atoms with E-state index in [1.807, 2.05) is 16.9 Å². The van der Waals surface area contributed by atoms with Gasteiger partial charge in [0.1, 0.15) is 12.1 Å². The summed E-state index contributed by atoms with van der Waals surface area (Å²) >= 11 is 0. The van der Waals surface area contributed by atoms with Crippen LogP contribution in [0.4, 0.5) is 5.82 Å². The van der Waals surface area contributed by atoms with Crippen molar-refractivity contribution >= 4 is 5.82 Å². The molecule has 0 unspecified atom stereocenters. The molecular formula is C16H24N6. The molecule has 0 spiro atoms. The molecule has 0 saturated carbocycles. The first kappa shape index (κ1) is 15.0. The van der Waals surface area contributed by atoms with Crippen molar-refractivity contribution in [3.8, 4) is 0 Å². The molecule has 1 fully saturated rings. The fourth-order valence-electron chi connectivity index (χ4n) is 3.04. The Bertz CT molecular complexity index is 573. The molecule has 22 heavy (non-hydrogen) atoms. The minimum Gasteiger partial charge on any atom is -0.356 e. The first-order valence-corrected chi connectivity index (χ1v) is 7.92. The molecular weight excluding hydrogens is 276 g/mol. The molecule has 1 saturated heterocycles. The summed E-state index contributed by atoms with van der Waals surface area (Å²) < 4.78 is 2.04. The van der Waals surface area contributed by atoms with Crippen molar-refractivity contribution in [2.75, 3.05) is 31.6 Å². The zero-order valence-electron chi connectivity index (χ0n) is 13.4. The topological polar surface area (TPSA) is 50.1 Å². The molecule has 6 heteroatoms. The molecule has 1 aliphatic rings. The summed E-state index contributed by atoms with van der Waals surface area (Å²) in [6.45, 7) is 6.41.